The Kier molecular flexibility index (Phi) is 5.08. The Morgan fingerprint density at radius 1 is 0.967 bits per heavy atom. The number of ether oxygens (including phenoxy) is 1. The van der Waals surface area contributed by atoms with E-state index in [-0.39, 0.29) is 0 Å². The highest BCUT2D eigenvalue weighted by atomic mass is 16.5. The molecule has 1 saturated heterocycles. The molecule has 0 bridgehead atoms. The zero-order chi connectivity index (χ0) is 20.7. The summed E-state index contributed by atoms with van der Waals surface area (Å²) < 4.78 is 8.17. The third kappa shape index (κ3) is 3.13. The highest BCUT2D eigenvalue weighted by molar-refractivity contribution is 6.24. The summed E-state index contributed by atoms with van der Waals surface area (Å²) in [6.45, 7) is 11.3. The molecule has 0 radical (unpaired) electrons. The maximum Gasteiger partial charge on any atom is 0.221 e. The molecular weight excluding hydrogens is 368 g/mol. The number of aryl methyl sites for hydroxylation is 2. The van der Waals surface area contributed by atoms with Crippen molar-refractivity contribution in [1.82, 2.24) is 0 Å². The summed E-state index contributed by atoms with van der Waals surface area (Å²) in [5, 5.41) is 2.78. The lowest BCUT2D eigenvalue weighted by atomic mass is 9.94. The SMILES string of the molecule is CCCC[N+]1=C(c2ccc(C)cc2C)c2cccc3c(N4CCOCC4)ccc1c23. The summed E-state index contributed by atoms with van der Waals surface area (Å²) >= 11 is 0. The van der Waals surface area contributed by atoms with Crippen molar-refractivity contribution in [3.05, 3.63) is 70.8 Å². The van der Waals surface area contributed by atoms with E-state index in [1.54, 1.807) is 0 Å². The smallest absolute Gasteiger partial charge is 0.221 e. The topological polar surface area (TPSA) is 15.5 Å². The highest BCUT2D eigenvalue weighted by Crippen LogP contribution is 2.42. The van der Waals surface area contributed by atoms with Gasteiger partial charge in [-0.05, 0) is 37.6 Å². The number of nitrogens with zero attached hydrogens (tertiary/aromatic N) is 2. The summed E-state index contributed by atoms with van der Waals surface area (Å²) in [5.74, 6) is 0. The minimum Gasteiger partial charge on any atom is -0.378 e. The van der Waals surface area contributed by atoms with Crippen LogP contribution in [0.2, 0.25) is 0 Å². The molecule has 0 N–H and O–H groups in total. The number of anilines is 1. The van der Waals surface area contributed by atoms with Gasteiger partial charge in [0.05, 0.1) is 24.2 Å². The molecule has 3 aromatic rings. The van der Waals surface area contributed by atoms with Gasteiger partial charge in [0.25, 0.3) is 0 Å². The molecule has 0 atom stereocenters. The first kappa shape index (κ1) is 19.3. The minimum absolute atomic E-state index is 0.811. The Morgan fingerprint density at radius 3 is 2.57 bits per heavy atom. The second kappa shape index (κ2) is 7.88. The Balaban J connectivity index is 1.73. The second-order valence-electron chi connectivity index (χ2n) is 8.60. The van der Waals surface area contributed by atoms with Crippen LogP contribution >= 0.6 is 0 Å². The summed E-state index contributed by atoms with van der Waals surface area (Å²) in [7, 11) is 0. The van der Waals surface area contributed by atoms with Crippen molar-refractivity contribution in [3.8, 4) is 0 Å². The fraction of sp³-hybridized carbons (Fsp3) is 0.370. The van der Waals surface area contributed by atoms with Crippen LogP contribution in [0.1, 0.15) is 42.0 Å². The van der Waals surface area contributed by atoms with Crippen molar-refractivity contribution in [2.24, 2.45) is 0 Å². The predicted octanol–water partition coefficient (Wildman–Crippen LogP) is 5.59. The van der Waals surface area contributed by atoms with Gasteiger partial charge in [-0.15, -0.1) is 0 Å². The average Bonchev–Trinajstić information content (AvgIpc) is 3.08. The predicted molar refractivity (Wildman–Crippen MR) is 126 cm³/mol. The second-order valence-corrected chi connectivity index (χ2v) is 8.60. The molecule has 1 fully saturated rings. The van der Waals surface area contributed by atoms with Crippen LogP contribution in [0, 0.1) is 13.8 Å². The molecule has 0 amide bonds. The molecule has 30 heavy (non-hydrogen) atoms. The van der Waals surface area contributed by atoms with Crippen molar-refractivity contribution >= 4 is 27.9 Å². The quantitative estimate of drug-likeness (QED) is 0.520. The summed E-state index contributed by atoms with van der Waals surface area (Å²) in [5.41, 5.74) is 9.48. The van der Waals surface area contributed by atoms with E-state index in [1.165, 1.54) is 63.0 Å². The van der Waals surface area contributed by atoms with Gasteiger partial charge >= 0.3 is 0 Å². The van der Waals surface area contributed by atoms with Crippen molar-refractivity contribution in [1.29, 1.82) is 0 Å². The Bertz CT molecular complexity index is 1140. The molecule has 0 aromatic heterocycles. The van der Waals surface area contributed by atoms with Crippen LogP contribution in [0.5, 0.6) is 0 Å². The zero-order valence-electron chi connectivity index (χ0n) is 18.4. The van der Waals surface area contributed by atoms with Crippen molar-refractivity contribution in [2.75, 3.05) is 37.7 Å². The van der Waals surface area contributed by atoms with Crippen molar-refractivity contribution < 1.29 is 9.31 Å². The Morgan fingerprint density at radius 2 is 1.80 bits per heavy atom. The lowest BCUT2D eigenvalue weighted by Gasteiger charge is -2.29. The molecule has 0 saturated carbocycles. The van der Waals surface area contributed by atoms with E-state index in [0.717, 1.165) is 32.8 Å². The highest BCUT2D eigenvalue weighted by Gasteiger charge is 2.34. The van der Waals surface area contributed by atoms with Gasteiger partial charge in [0.1, 0.15) is 6.54 Å². The van der Waals surface area contributed by atoms with E-state index in [0.29, 0.717) is 0 Å². The maximum atomic E-state index is 5.60. The first-order chi connectivity index (χ1) is 14.7. The molecule has 0 unspecified atom stereocenters. The lowest BCUT2D eigenvalue weighted by molar-refractivity contribution is -0.436. The number of benzene rings is 3. The average molecular weight is 400 g/mol. The fourth-order valence-corrected chi connectivity index (χ4v) is 5.06. The number of morpholine rings is 1. The van der Waals surface area contributed by atoms with E-state index in [9.17, 15) is 0 Å². The van der Waals surface area contributed by atoms with Crippen molar-refractivity contribution in [3.63, 3.8) is 0 Å². The molecule has 2 aliphatic heterocycles. The molecular formula is C27H31N2O+. The van der Waals surface area contributed by atoms with E-state index in [2.05, 4.69) is 78.8 Å². The number of hydrogen-bond donors (Lipinski definition) is 0. The number of unbranched alkanes of at least 4 members (excludes halogenated alkanes) is 1. The van der Waals surface area contributed by atoms with Gasteiger partial charge in [0.15, 0.2) is 0 Å². The van der Waals surface area contributed by atoms with E-state index in [4.69, 9.17) is 4.74 Å². The maximum absolute atomic E-state index is 5.60. The zero-order valence-corrected chi connectivity index (χ0v) is 18.4. The van der Waals surface area contributed by atoms with E-state index >= 15 is 0 Å². The van der Waals surface area contributed by atoms with Crippen LogP contribution in [0.25, 0.3) is 10.8 Å². The third-order valence-corrected chi connectivity index (χ3v) is 6.54. The summed E-state index contributed by atoms with van der Waals surface area (Å²) in [6.07, 6.45) is 2.39. The first-order valence-electron chi connectivity index (χ1n) is 11.3. The summed E-state index contributed by atoms with van der Waals surface area (Å²) in [4.78, 5) is 2.48. The summed E-state index contributed by atoms with van der Waals surface area (Å²) in [6, 6.07) is 18.4. The van der Waals surface area contributed by atoms with Crippen molar-refractivity contribution in [2.45, 2.75) is 33.6 Å². The largest absolute Gasteiger partial charge is 0.378 e. The van der Waals surface area contributed by atoms with Crippen LogP contribution in [0.4, 0.5) is 11.4 Å². The van der Waals surface area contributed by atoms with Crippen LogP contribution in [-0.4, -0.2) is 43.1 Å². The molecule has 3 heteroatoms. The van der Waals surface area contributed by atoms with Gasteiger partial charge in [0, 0.05) is 42.2 Å². The molecule has 2 heterocycles. The molecule has 3 nitrogen and oxygen atoms in total. The normalized spacial score (nSPS) is 16.0. The van der Waals surface area contributed by atoms with Gasteiger partial charge in [0.2, 0.25) is 11.4 Å². The molecule has 0 spiro atoms. The van der Waals surface area contributed by atoms with E-state index in [1.807, 2.05) is 0 Å². The first-order valence-corrected chi connectivity index (χ1v) is 11.3. The van der Waals surface area contributed by atoms with Crippen LogP contribution in [0.3, 0.4) is 0 Å². The molecule has 3 aromatic carbocycles. The van der Waals surface area contributed by atoms with Gasteiger partial charge in [-0.25, -0.2) is 0 Å². The third-order valence-electron chi connectivity index (χ3n) is 6.54. The van der Waals surface area contributed by atoms with Crippen LogP contribution in [-0.2, 0) is 4.74 Å². The lowest BCUT2D eigenvalue weighted by Crippen LogP contribution is -2.36. The standard InChI is InChI=1S/C27H31N2O/c1-4-5-13-29-25-12-11-24(28-14-16-30-17-15-28)22-7-6-8-23(26(22)25)27(29)21-10-9-19(2)18-20(21)3/h6-12,18H,4-5,13-17H2,1-3H3/q+1. The van der Waals surface area contributed by atoms with Gasteiger partial charge in [-0.3, -0.25) is 0 Å². The molecule has 2 aliphatic rings. The van der Waals surface area contributed by atoms with Crippen LogP contribution < -0.4 is 4.90 Å². The van der Waals surface area contributed by atoms with Gasteiger partial charge in [-0.2, -0.15) is 4.58 Å². The molecule has 5 rings (SSSR count). The van der Waals surface area contributed by atoms with E-state index < -0.39 is 0 Å². The Hall–Kier alpha value is -2.65. The Labute approximate surface area is 179 Å². The number of rotatable bonds is 5. The molecule has 0 aliphatic carbocycles. The fourth-order valence-electron chi connectivity index (χ4n) is 5.06. The van der Waals surface area contributed by atoms with Gasteiger partial charge < -0.3 is 9.64 Å². The minimum atomic E-state index is 0.811. The van der Waals surface area contributed by atoms with Gasteiger partial charge in [-0.1, -0.05) is 43.2 Å². The monoisotopic (exact) mass is 399 g/mol. The molecule has 154 valence electrons. The number of hydrogen-bond acceptors (Lipinski definition) is 2. The van der Waals surface area contributed by atoms with Crippen LogP contribution in [0.15, 0.2) is 48.5 Å².